The molecule has 1 unspecified atom stereocenters. The first-order valence-corrected chi connectivity index (χ1v) is 9.46. The average Bonchev–Trinajstić information content (AvgIpc) is 3.04. The van der Waals surface area contributed by atoms with Crippen molar-refractivity contribution in [1.29, 1.82) is 0 Å². The van der Waals surface area contributed by atoms with E-state index >= 15 is 0 Å². The van der Waals surface area contributed by atoms with Crippen molar-refractivity contribution in [3.63, 3.8) is 0 Å². The number of carbonyl (C=O) groups is 1. The highest BCUT2D eigenvalue weighted by atomic mass is 16.5. The van der Waals surface area contributed by atoms with Crippen molar-refractivity contribution < 1.29 is 9.32 Å². The summed E-state index contributed by atoms with van der Waals surface area (Å²) in [4.78, 5) is 21.2. The molecule has 0 N–H and O–H groups in total. The van der Waals surface area contributed by atoms with Crippen molar-refractivity contribution in [2.24, 2.45) is 5.41 Å². The molecule has 1 aromatic rings. The zero-order chi connectivity index (χ0) is 17.0. The second-order valence-electron chi connectivity index (χ2n) is 7.44. The smallest absolute Gasteiger partial charge is 0.226 e. The molecule has 2 aliphatic rings. The lowest BCUT2D eigenvalue weighted by atomic mass is 9.73. The summed E-state index contributed by atoms with van der Waals surface area (Å²) in [6, 6.07) is 0. The van der Waals surface area contributed by atoms with Gasteiger partial charge in [-0.05, 0) is 32.2 Å². The van der Waals surface area contributed by atoms with Crippen molar-refractivity contribution in [3.05, 3.63) is 11.7 Å². The third-order valence-corrected chi connectivity index (χ3v) is 5.45. The summed E-state index contributed by atoms with van der Waals surface area (Å²) in [7, 11) is 0. The van der Waals surface area contributed by atoms with Crippen LogP contribution in [-0.4, -0.2) is 52.0 Å². The van der Waals surface area contributed by atoms with Crippen LogP contribution in [0.4, 0.5) is 0 Å². The Balaban J connectivity index is 1.62. The molecular weight excluding hydrogens is 304 g/mol. The van der Waals surface area contributed by atoms with Gasteiger partial charge in [0.2, 0.25) is 11.8 Å². The Morgan fingerprint density at radius 3 is 2.88 bits per heavy atom. The molecule has 1 aromatic heterocycles. The summed E-state index contributed by atoms with van der Waals surface area (Å²) in [5.74, 6) is 1.85. The Kier molecular flexibility index (Phi) is 5.54. The van der Waals surface area contributed by atoms with Crippen LogP contribution in [0.5, 0.6) is 0 Å². The van der Waals surface area contributed by atoms with Crippen LogP contribution in [0.3, 0.4) is 0 Å². The number of nitrogens with zero attached hydrogens (tertiary/aromatic N) is 4. The van der Waals surface area contributed by atoms with Crippen LogP contribution in [0.1, 0.15) is 64.1 Å². The highest BCUT2D eigenvalue weighted by Crippen LogP contribution is 2.39. The van der Waals surface area contributed by atoms with E-state index in [2.05, 4.69) is 26.9 Å². The molecule has 6 heteroatoms. The topological polar surface area (TPSA) is 62.5 Å². The number of likely N-dealkylation sites (tertiary alicyclic amines) is 2. The molecule has 3 heterocycles. The molecule has 134 valence electrons. The standard InChI is InChI=1S/C18H30N4O2/c1-3-5-11-22-14-18(9-7-17(22)23)8-6-10-21(13-18)12-15-19-16(4-2)24-20-15/h3-14H2,1-2H3. The minimum atomic E-state index is 0.261. The predicted molar refractivity (Wildman–Crippen MR) is 91.3 cm³/mol. The Morgan fingerprint density at radius 2 is 2.12 bits per heavy atom. The zero-order valence-electron chi connectivity index (χ0n) is 15.1. The summed E-state index contributed by atoms with van der Waals surface area (Å²) >= 11 is 0. The second kappa shape index (κ2) is 7.64. The van der Waals surface area contributed by atoms with Crippen LogP contribution in [-0.2, 0) is 17.8 Å². The number of aromatic nitrogens is 2. The van der Waals surface area contributed by atoms with Gasteiger partial charge in [0.05, 0.1) is 6.54 Å². The number of unbranched alkanes of at least 4 members (excludes halogenated alkanes) is 1. The number of aryl methyl sites for hydroxylation is 1. The fraction of sp³-hybridized carbons (Fsp3) is 0.833. The molecule has 3 rings (SSSR count). The van der Waals surface area contributed by atoms with E-state index in [1.165, 1.54) is 12.8 Å². The number of hydrogen-bond donors (Lipinski definition) is 0. The van der Waals surface area contributed by atoms with Gasteiger partial charge in [-0.1, -0.05) is 25.4 Å². The van der Waals surface area contributed by atoms with Gasteiger partial charge in [-0.2, -0.15) is 4.98 Å². The average molecular weight is 334 g/mol. The molecular formula is C18H30N4O2. The first kappa shape index (κ1) is 17.4. The third-order valence-electron chi connectivity index (χ3n) is 5.45. The minimum Gasteiger partial charge on any atom is -0.342 e. The summed E-state index contributed by atoms with van der Waals surface area (Å²) < 4.78 is 5.23. The van der Waals surface area contributed by atoms with E-state index in [4.69, 9.17) is 4.52 Å². The van der Waals surface area contributed by atoms with Gasteiger partial charge in [0, 0.05) is 37.9 Å². The van der Waals surface area contributed by atoms with Gasteiger partial charge >= 0.3 is 0 Å². The Labute approximate surface area is 144 Å². The van der Waals surface area contributed by atoms with Crippen molar-refractivity contribution >= 4 is 5.91 Å². The Hall–Kier alpha value is -1.43. The predicted octanol–water partition coefficient (Wildman–Crippen LogP) is 2.64. The molecule has 1 spiro atoms. The lowest BCUT2D eigenvalue weighted by Gasteiger charge is -2.48. The molecule has 0 saturated carbocycles. The molecule has 6 nitrogen and oxygen atoms in total. The van der Waals surface area contributed by atoms with Gasteiger partial charge in [0.15, 0.2) is 5.82 Å². The summed E-state index contributed by atoms with van der Waals surface area (Å²) in [5, 5.41) is 4.09. The molecule has 2 fully saturated rings. The van der Waals surface area contributed by atoms with Crippen LogP contribution in [0, 0.1) is 5.41 Å². The van der Waals surface area contributed by atoms with E-state index in [-0.39, 0.29) is 5.41 Å². The highest BCUT2D eigenvalue weighted by molar-refractivity contribution is 5.77. The quantitative estimate of drug-likeness (QED) is 0.800. The van der Waals surface area contributed by atoms with Crippen molar-refractivity contribution in [1.82, 2.24) is 19.9 Å². The van der Waals surface area contributed by atoms with E-state index in [0.29, 0.717) is 18.2 Å². The molecule has 0 aromatic carbocycles. The summed E-state index contributed by atoms with van der Waals surface area (Å²) in [6.45, 7) is 8.93. The molecule has 2 aliphatic heterocycles. The molecule has 1 atom stereocenters. The largest absolute Gasteiger partial charge is 0.342 e. The minimum absolute atomic E-state index is 0.261. The highest BCUT2D eigenvalue weighted by Gasteiger charge is 2.41. The van der Waals surface area contributed by atoms with E-state index in [1.807, 2.05) is 6.92 Å². The molecule has 1 amide bonds. The van der Waals surface area contributed by atoms with E-state index < -0.39 is 0 Å². The van der Waals surface area contributed by atoms with Gasteiger partial charge in [0.1, 0.15) is 0 Å². The van der Waals surface area contributed by atoms with Gasteiger partial charge in [-0.3, -0.25) is 9.69 Å². The Morgan fingerprint density at radius 1 is 1.25 bits per heavy atom. The maximum Gasteiger partial charge on any atom is 0.226 e. The molecule has 2 saturated heterocycles. The van der Waals surface area contributed by atoms with Crippen molar-refractivity contribution in [2.45, 2.75) is 65.3 Å². The maximum atomic E-state index is 12.2. The van der Waals surface area contributed by atoms with Crippen LogP contribution >= 0.6 is 0 Å². The van der Waals surface area contributed by atoms with E-state index in [0.717, 1.165) is 64.2 Å². The summed E-state index contributed by atoms with van der Waals surface area (Å²) in [6.07, 6.45) is 7.18. The number of rotatable bonds is 6. The monoisotopic (exact) mass is 334 g/mol. The van der Waals surface area contributed by atoms with Crippen LogP contribution in [0.25, 0.3) is 0 Å². The van der Waals surface area contributed by atoms with Gasteiger partial charge < -0.3 is 9.42 Å². The normalized spacial score (nSPS) is 25.6. The van der Waals surface area contributed by atoms with Crippen LogP contribution in [0.2, 0.25) is 0 Å². The molecule has 0 radical (unpaired) electrons. The van der Waals surface area contributed by atoms with Gasteiger partial charge in [-0.25, -0.2) is 0 Å². The Bertz CT molecular complexity index is 559. The van der Waals surface area contributed by atoms with Crippen LogP contribution in [0.15, 0.2) is 4.52 Å². The molecule has 24 heavy (non-hydrogen) atoms. The summed E-state index contributed by atoms with van der Waals surface area (Å²) in [5.41, 5.74) is 0.261. The maximum absolute atomic E-state index is 12.2. The number of carbonyl (C=O) groups excluding carboxylic acids is 1. The van der Waals surface area contributed by atoms with Crippen LogP contribution < -0.4 is 0 Å². The fourth-order valence-electron chi connectivity index (χ4n) is 4.13. The van der Waals surface area contributed by atoms with Crippen molar-refractivity contribution in [3.8, 4) is 0 Å². The van der Waals surface area contributed by atoms with Gasteiger partial charge in [-0.15, -0.1) is 0 Å². The first-order chi connectivity index (χ1) is 11.6. The van der Waals surface area contributed by atoms with E-state index in [1.54, 1.807) is 0 Å². The van der Waals surface area contributed by atoms with E-state index in [9.17, 15) is 4.79 Å². The number of piperidine rings is 2. The number of hydrogen-bond acceptors (Lipinski definition) is 5. The third kappa shape index (κ3) is 3.97. The number of amides is 1. The SMILES string of the molecule is CCCCN1CC2(CCCN(Cc3noc(CC)n3)C2)CCC1=O. The first-order valence-electron chi connectivity index (χ1n) is 9.46. The molecule has 0 bridgehead atoms. The second-order valence-corrected chi connectivity index (χ2v) is 7.44. The lowest BCUT2D eigenvalue weighted by Crippen LogP contribution is -2.54. The lowest BCUT2D eigenvalue weighted by molar-refractivity contribution is -0.139. The zero-order valence-corrected chi connectivity index (χ0v) is 15.1. The fourth-order valence-corrected chi connectivity index (χ4v) is 4.13. The van der Waals surface area contributed by atoms with Gasteiger partial charge in [0.25, 0.3) is 0 Å². The van der Waals surface area contributed by atoms with Crippen molar-refractivity contribution in [2.75, 3.05) is 26.2 Å². The molecule has 0 aliphatic carbocycles.